The van der Waals surface area contributed by atoms with Gasteiger partial charge in [-0.1, -0.05) is 32.0 Å². The van der Waals surface area contributed by atoms with Crippen LogP contribution in [0.15, 0.2) is 47.4 Å². The first-order chi connectivity index (χ1) is 14.3. The molecule has 0 aromatic heterocycles. The van der Waals surface area contributed by atoms with Crippen molar-refractivity contribution in [2.45, 2.75) is 31.8 Å². The van der Waals surface area contributed by atoms with Crippen LogP contribution < -0.4 is 14.8 Å². The molecule has 1 aliphatic heterocycles. The fourth-order valence-electron chi connectivity index (χ4n) is 3.19. The van der Waals surface area contributed by atoms with E-state index in [4.69, 9.17) is 9.47 Å². The number of sulfonamides is 1. The van der Waals surface area contributed by atoms with E-state index in [-0.39, 0.29) is 17.7 Å². The third kappa shape index (κ3) is 4.85. The van der Waals surface area contributed by atoms with E-state index in [1.807, 2.05) is 32.0 Å². The SMILES string of the molecule is CCN(CC)S(=O)(=O)c1ccc(CNC(=O)N(C)Cc2ccc3c(c2)OCO3)cc1. The summed E-state index contributed by atoms with van der Waals surface area (Å²) in [6, 6.07) is 11.9. The van der Waals surface area contributed by atoms with Gasteiger partial charge in [0.15, 0.2) is 11.5 Å². The average molecular weight is 434 g/mol. The van der Waals surface area contributed by atoms with Crippen LogP contribution in [0.25, 0.3) is 0 Å². The molecule has 2 amide bonds. The molecule has 162 valence electrons. The molecule has 0 saturated heterocycles. The van der Waals surface area contributed by atoms with Crippen LogP contribution >= 0.6 is 0 Å². The number of ether oxygens (including phenoxy) is 2. The lowest BCUT2D eigenvalue weighted by molar-refractivity contribution is 0.174. The Morgan fingerprint density at radius 2 is 1.63 bits per heavy atom. The van der Waals surface area contributed by atoms with Gasteiger partial charge in [0.1, 0.15) is 0 Å². The highest BCUT2D eigenvalue weighted by Gasteiger charge is 2.21. The van der Waals surface area contributed by atoms with Gasteiger partial charge >= 0.3 is 6.03 Å². The van der Waals surface area contributed by atoms with Crippen molar-refractivity contribution in [2.24, 2.45) is 0 Å². The quantitative estimate of drug-likeness (QED) is 0.692. The van der Waals surface area contributed by atoms with Crippen molar-refractivity contribution >= 4 is 16.1 Å². The number of nitrogens with zero attached hydrogens (tertiary/aromatic N) is 2. The zero-order valence-corrected chi connectivity index (χ0v) is 18.2. The van der Waals surface area contributed by atoms with Crippen LogP contribution in [-0.2, 0) is 23.1 Å². The van der Waals surface area contributed by atoms with E-state index in [1.54, 1.807) is 36.2 Å². The van der Waals surface area contributed by atoms with Gasteiger partial charge in [0.25, 0.3) is 0 Å². The number of rotatable bonds is 8. The van der Waals surface area contributed by atoms with Crippen LogP contribution in [-0.4, -0.2) is 50.6 Å². The summed E-state index contributed by atoms with van der Waals surface area (Å²) in [5.41, 5.74) is 1.75. The molecule has 30 heavy (non-hydrogen) atoms. The second kappa shape index (κ2) is 9.36. The molecule has 1 heterocycles. The maximum absolute atomic E-state index is 12.5. The van der Waals surface area contributed by atoms with E-state index in [2.05, 4.69) is 5.32 Å². The maximum atomic E-state index is 12.5. The smallest absolute Gasteiger partial charge is 0.317 e. The summed E-state index contributed by atoms with van der Waals surface area (Å²) in [6.45, 7) is 5.40. The normalized spacial score (nSPS) is 12.8. The zero-order chi connectivity index (χ0) is 21.7. The third-order valence-corrected chi connectivity index (χ3v) is 6.98. The van der Waals surface area contributed by atoms with Crippen LogP contribution in [0.4, 0.5) is 4.79 Å². The summed E-state index contributed by atoms with van der Waals surface area (Å²) in [7, 11) is -1.78. The molecule has 9 heteroatoms. The maximum Gasteiger partial charge on any atom is 0.317 e. The Morgan fingerprint density at radius 1 is 1.00 bits per heavy atom. The molecular formula is C21H27N3O5S. The summed E-state index contributed by atoms with van der Waals surface area (Å²) < 4.78 is 37.1. The first-order valence-corrected chi connectivity index (χ1v) is 11.3. The minimum atomic E-state index is -3.48. The van der Waals surface area contributed by atoms with E-state index in [0.717, 1.165) is 11.1 Å². The molecular weight excluding hydrogens is 406 g/mol. The van der Waals surface area contributed by atoms with Gasteiger partial charge < -0.3 is 19.7 Å². The average Bonchev–Trinajstić information content (AvgIpc) is 3.21. The van der Waals surface area contributed by atoms with Gasteiger partial charge in [-0.3, -0.25) is 0 Å². The van der Waals surface area contributed by atoms with Gasteiger partial charge in [0, 0.05) is 33.2 Å². The first-order valence-electron chi connectivity index (χ1n) is 9.81. The topological polar surface area (TPSA) is 88.2 Å². The summed E-state index contributed by atoms with van der Waals surface area (Å²) in [5, 5.41) is 2.85. The number of hydrogen-bond donors (Lipinski definition) is 1. The summed E-state index contributed by atoms with van der Waals surface area (Å²) in [4.78, 5) is 14.2. The van der Waals surface area contributed by atoms with Gasteiger partial charge in [-0.2, -0.15) is 4.31 Å². The molecule has 8 nitrogen and oxygen atoms in total. The van der Waals surface area contributed by atoms with Gasteiger partial charge in [0.05, 0.1) is 4.90 Å². The highest BCUT2D eigenvalue weighted by Crippen LogP contribution is 2.32. The van der Waals surface area contributed by atoms with Crippen molar-refractivity contribution in [3.63, 3.8) is 0 Å². The lowest BCUT2D eigenvalue weighted by Crippen LogP contribution is -2.36. The van der Waals surface area contributed by atoms with Crippen molar-refractivity contribution in [3.8, 4) is 11.5 Å². The van der Waals surface area contributed by atoms with Gasteiger partial charge in [0.2, 0.25) is 16.8 Å². The molecule has 1 N–H and O–H groups in total. The highest BCUT2D eigenvalue weighted by molar-refractivity contribution is 7.89. The number of nitrogens with one attached hydrogen (secondary N) is 1. The third-order valence-electron chi connectivity index (χ3n) is 4.91. The van der Waals surface area contributed by atoms with Crippen molar-refractivity contribution < 1.29 is 22.7 Å². The minimum Gasteiger partial charge on any atom is -0.454 e. The summed E-state index contributed by atoms with van der Waals surface area (Å²) in [5.74, 6) is 1.39. The Balaban J connectivity index is 1.55. The van der Waals surface area contributed by atoms with Crippen LogP contribution in [0.2, 0.25) is 0 Å². The Kier molecular flexibility index (Phi) is 6.84. The van der Waals surface area contributed by atoms with E-state index in [1.165, 1.54) is 4.31 Å². The van der Waals surface area contributed by atoms with E-state index < -0.39 is 10.0 Å². The molecule has 0 saturated carbocycles. The summed E-state index contributed by atoms with van der Waals surface area (Å²) in [6.07, 6.45) is 0. The lowest BCUT2D eigenvalue weighted by Gasteiger charge is -2.19. The largest absolute Gasteiger partial charge is 0.454 e. The van der Waals surface area contributed by atoms with Crippen LogP contribution in [0.1, 0.15) is 25.0 Å². The standard InChI is InChI=1S/C21H27N3O5S/c1-4-24(5-2)30(26,27)18-9-6-16(7-10-18)13-22-21(25)23(3)14-17-8-11-19-20(12-17)29-15-28-19/h6-12H,4-5,13-15H2,1-3H3,(H,22,25). The molecule has 0 bridgehead atoms. The minimum absolute atomic E-state index is 0.212. The Bertz CT molecular complexity index is 988. The number of carbonyl (C=O) groups excluding carboxylic acids is 1. The molecule has 2 aromatic carbocycles. The van der Waals surface area contributed by atoms with Crippen molar-refractivity contribution in [2.75, 3.05) is 26.9 Å². The summed E-state index contributed by atoms with van der Waals surface area (Å²) >= 11 is 0. The van der Waals surface area contributed by atoms with Crippen LogP contribution in [0.5, 0.6) is 11.5 Å². The Morgan fingerprint density at radius 3 is 2.30 bits per heavy atom. The van der Waals surface area contributed by atoms with E-state index in [9.17, 15) is 13.2 Å². The second-order valence-corrected chi connectivity index (χ2v) is 8.87. The molecule has 0 unspecified atom stereocenters. The number of hydrogen-bond acceptors (Lipinski definition) is 5. The number of amides is 2. The fraction of sp³-hybridized carbons (Fsp3) is 0.381. The predicted octanol–water partition coefficient (Wildman–Crippen LogP) is 2.79. The van der Waals surface area contributed by atoms with Gasteiger partial charge in [-0.25, -0.2) is 13.2 Å². The Labute approximate surface area is 177 Å². The molecule has 0 atom stereocenters. The van der Waals surface area contributed by atoms with Crippen molar-refractivity contribution in [1.29, 1.82) is 0 Å². The lowest BCUT2D eigenvalue weighted by atomic mass is 10.2. The fourth-order valence-corrected chi connectivity index (χ4v) is 4.65. The molecule has 0 radical (unpaired) electrons. The zero-order valence-electron chi connectivity index (χ0n) is 17.4. The molecule has 1 aliphatic rings. The molecule has 0 spiro atoms. The number of fused-ring (bicyclic) bond motifs is 1. The second-order valence-electron chi connectivity index (χ2n) is 6.94. The van der Waals surface area contributed by atoms with Gasteiger partial charge in [-0.05, 0) is 35.4 Å². The number of carbonyl (C=O) groups is 1. The highest BCUT2D eigenvalue weighted by atomic mass is 32.2. The number of benzene rings is 2. The molecule has 0 fully saturated rings. The van der Waals surface area contributed by atoms with E-state index >= 15 is 0 Å². The van der Waals surface area contributed by atoms with Crippen LogP contribution in [0.3, 0.4) is 0 Å². The van der Waals surface area contributed by atoms with E-state index in [0.29, 0.717) is 37.7 Å². The predicted molar refractivity (Wildman–Crippen MR) is 113 cm³/mol. The monoisotopic (exact) mass is 433 g/mol. The molecule has 0 aliphatic carbocycles. The van der Waals surface area contributed by atoms with Crippen LogP contribution in [0, 0.1) is 0 Å². The molecule has 3 rings (SSSR count). The van der Waals surface area contributed by atoms with Crippen molar-refractivity contribution in [1.82, 2.24) is 14.5 Å². The first kappa shape index (κ1) is 21.9. The van der Waals surface area contributed by atoms with Gasteiger partial charge in [-0.15, -0.1) is 0 Å². The van der Waals surface area contributed by atoms with Crippen molar-refractivity contribution in [3.05, 3.63) is 53.6 Å². The molecule has 2 aromatic rings. The Hall–Kier alpha value is -2.78. The number of urea groups is 1.